The average Bonchev–Trinajstić information content (AvgIpc) is 2.23. The Kier molecular flexibility index (Phi) is 3.06. The van der Waals surface area contributed by atoms with Gasteiger partial charge in [0.25, 0.3) is 0 Å². The Morgan fingerprint density at radius 2 is 2.00 bits per heavy atom. The third-order valence-electron chi connectivity index (χ3n) is 2.54. The van der Waals surface area contributed by atoms with Gasteiger partial charge < -0.3 is 15.5 Å². The van der Waals surface area contributed by atoms with Crippen LogP contribution in [0.1, 0.15) is 0 Å². The first-order chi connectivity index (χ1) is 7.16. The number of rotatable bonds is 1. The molecule has 82 valence electrons. The van der Waals surface area contributed by atoms with E-state index in [0.29, 0.717) is 5.82 Å². The normalized spacial score (nSPS) is 18.1. The molecule has 0 amide bonds. The third kappa shape index (κ3) is 2.38. The Morgan fingerprint density at radius 3 is 2.60 bits per heavy atom. The molecule has 1 aliphatic rings. The molecule has 0 aliphatic carbocycles. The molecule has 0 unspecified atom stereocenters. The Labute approximate surface area is 97.4 Å². The molecular formula is C9H14BrN5. The van der Waals surface area contributed by atoms with E-state index in [9.17, 15) is 0 Å². The highest BCUT2D eigenvalue weighted by molar-refractivity contribution is 9.10. The van der Waals surface area contributed by atoms with Crippen molar-refractivity contribution >= 4 is 27.7 Å². The molecule has 0 spiro atoms. The number of anilines is 2. The van der Waals surface area contributed by atoms with Gasteiger partial charge in [0.15, 0.2) is 0 Å². The fourth-order valence-electron chi connectivity index (χ4n) is 1.53. The van der Waals surface area contributed by atoms with Crippen molar-refractivity contribution in [1.29, 1.82) is 0 Å². The maximum atomic E-state index is 5.72. The number of hydrogen-bond donors (Lipinski definition) is 1. The molecular weight excluding hydrogens is 258 g/mol. The van der Waals surface area contributed by atoms with Crippen LogP contribution in [-0.4, -0.2) is 48.1 Å². The lowest BCUT2D eigenvalue weighted by atomic mass is 10.3. The van der Waals surface area contributed by atoms with Gasteiger partial charge in [-0.1, -0.05) is 0 Å². The maximum absolute atomic E-state index is 5.72. The Balaban J connectivity index is 2.12. The molecule has 1 aromatic rings. The van der Waals surface area contributed by atoms with E-state index < -0.39 is 0 Å². The first-order valence-electron chi connectivity index (χ1n) is 4.88. The van der Waals surface area contributed by atoms with Crippen LogP contribution in [0, 0.1) is 0 Å². The SMILES string of the molecule is CN1CCN(c2ncc(Br)c(N)n2)CC1. The summed E-state index contributed by atoms with van der Waals surface area (Å²) in [6, 6.07) is 0. The summed E-state index contributed by atoms with van der Waals surface area (Å²) in [6.45, 7) is 3.99. The van der Waals surface area contributed by atoms with Gasteiger partial charge in [0, 0.05) is 32.4 Å². The van der Waals surface area contributed by atoms with Gasteiger partial charge in [0.05, 0.1) is 4.47 Å². The van der Waals surface area contributed by atoms with Crippen molar-refractivity contribution in [2.45, 2.75) is 0 Å². The van der Waals surface area contributed by atoms with Crippen molar-refractivity contribution in [3.8, 4) is 0 Å². The van der Waals surface area contributed by atoms with Crippen LogP contribution in [0.5, 0.6) is 0 Å². The van der Waals surface area contributed by atoms with Crippen LogP contribution in [0.2, 0.25) is 0 Å². The topological polar surface area (TPSA) is 58.3 Å². The molecule has 15 heavy (non-hydrogen) atoms. The van der Waals surface area contributed by atoms with Crippen LogP contribution in [0.4, 0.5) is 11.8 Å². The summed E-state index contributed by atoms with van der Waals surface area (Å²) in [6.07, 6.45) is 1.70. The number of nitrogens with zero attached hydrogens (tertiary/aromatic N) is 4. The first kappa shape index (κ1) is 10.6. The van der Waals surface area contributed by atoms with E-state index in [1.165, 1.54) is 0 Å². The summed E-state index contributed by atoms with van der Waals surface area (Å²) < 4.78 is 0.750. The number of hydrogen-bond acceptors (Lipinski definition) is 5. The average molecular weight is 272 g/mol. The van der Waals surface area contributed by atoms with Crippen LogP contribution >= 0.6 is 15.9 Å². The first-order valence-corrected chi connectivity index (χ1v) is 5.67. The van der Waals surface area contributed by atoms with E-state index in [2.05, 4.69) is 42.7 Å². The van der Waals surface area contributed by atoms with Crippen molar-refractivity contribution in [3.63, 3.8) is 0 Å². The molecule has 0 bridgehead atoms. The molecule has 2 N–H and O–H groups in total. The highest BCUT2D eigenvalue weighted by atomic mass is 79.9. The molecule has 0 aromatic carbocycles. The highest BCUT2D eigenvalue weighted by Gasteiger charge is 2.16. The molecule has 0 radical (unpaired) electrons. The van der Waals surface area contributed by atoms with Crippen LogP contribution in [0.15, 0.2) is 10.7 Å². The fourth-order valence-corrected chi connectivity index (χ4v) is 1.72. The standard InChI is InChI=1S/C9H14BrN5/c1-14-2-4-15(5-3-14)9-12-6-7(10)8(11)13-9/h6H,2-5H2,1H3,(H2,11,12,13). The monoisotopic (exact) mass is 271 g/mol. The molecule has 2 heterocycles. The predicted molar refractivity (Wildman–Crippen MR) is 63.9 cm³/mol. The lowest BCUT2D eigenvalue weighted by molar-refractivity contribution is 0.311. The van der Waals surface area contributed by atoms with Crippen LogP contribution in [0.3, 0.4) is 0 Å². The zero-order valence-corrected chi connectivity index (χ0v) is 10.2. The van der Waals surface area contributed by atoms with Crippen LogP contribution in [0.25, 0.3) is 0 Å². The number of aromatic nitrogens is 2. The molecule has 1 fully saturated rings. The lowest BCUT2D eigenvalue weighted by Gasteiger charge is -2.32. The third-order valence-corrected chi connectivity index (χ3v) is 3.16. The van der Waals surface area contributed by atoms with Gasteiger partial charge in [-0.2, -0.15) is 4.98 Å². The molecule has 6 heteroatoms. The highest BCUT2D eigenvalue weighted by Crippen LogP contribution is 2.19. The van der Waals surface area contributed by atoms with Gasteiger partial charge >= 0.3 is 0 Å². The van der Waals surface area contributed by atoms with Crippen molar-refractivity contribution in [3.05, 3.63) is 10.7 Å². The quantitative estimate of drug-likeness (QED) is 0.810. The van der Waals surface area contributed by atoms with Crippen LogP contribution in [-0.2, 0) is 0 Å². The van der Waals surface area contributed by atoms with E-state index >= 15 is 0 Å². The largest absolute Gasteiger partial charge is 0.383 e. The summed E-state index contributed by atoms with van der Waals surface area (Å²) in [5.74, 6) is 1.22. The second-order valence-corrected chi connectivity index (χ2v) is 4.55. The molecule has 2 rings (SSSR count). The predicted octanol–water partition coefficient (Wildman–Crippen LogP) is 0.573. The summed E-state index contributed by atoms with van der Waals surface area (Å²) in [4.78, 5) is 13.0. The van der Waals surface area contributed by atoms with E-state index in [-0.39, 0.29) is 0 Å². The zero-order chi connectivity index (χ0) is 10.8. The Bertz CT molecular complexity index is 348. The molecule has 1 aromatic heterocycles. The zero-order valence-electron chi connectivity index (χ0n) is 8.65. The van der Waals surface area contributed by atoms with E-state index in [0.717, 1.165) is 36.6 Å². The molecule has 0 saturated carbocycles. The summed E-state index contributed by atoms with van der Waals surface area (Å²) in [5.41, 5.74) is 5.72. The van der Waals surface area contributed by atoms with Crippen molar-refractivity contribution in [1.82, 2.24) is 14.9 Å². The second-order valence-electron chi connectivity index (χ2n) is 3.69. The number of likely N-dealkylation sites (N-methyl/N-ethyl adjacent to an activating group) is 1. The second kappa shape index (κ2) is 4.32. The van der Waals surface area contributed by atoms with Gasteiger partial charge in [-0.25, -0.2) is 4.98 Å². The minimum absolute atomic E-state index is 0.499. The minimum atomic E-state index is 0.499. The van der Waals surface area contributed by atoms with Gasteiger partial charge in [0.2, 0.25) is 5.95 Å². The lowest BCUT2D eigenvalue weighted by Crippen LogP contribution is -2.45. The van der Waals surface area contributed by atoms with E-state index in [1.54, 1.807) is 6.20 Å². The number of nitrogens with two attached hydrogens (primary N) is 1. The Morgan fingerprint density at radius 1 is 1.33 bits per heavy atom. The van der Waals surface area contributed by atoms with Gasteiger partial charge in [-0.05, 0) is 23.0 Å². The molecule has 1 saturated heterocycles. The van der Waals surface area contributed by atoms with Crippen molar-refractivity contribution in [2.24, 2.45) is 0 Å². The van der Waals surface area contributed by atoms with Gasteiger partial charge in [-0.15, -0.1) is 0 Å². The molecule has 1 aliphatic heterocycles. The smallest absolute Gasteiger partial charge is 0.227 e. The van der Waals surface area contributed by atoms with E-state index in [4.69, 9.17) is 5.73 Å². The van der Waals surface area contributed by atoms with Gasteiger partial charge in [0.1, 0.15) is 5.82 Å². The summed E-state index contributed by atoms with van der Waals surface area (Å²) in [7, 11) is 2.12. The maximum Gasteiger partial charge on any atom is 0.227 e. The van der Waals surface area contributed by atoms with Crippen molar-refractivity contribution < 1.29 is 0 Å². The van der Waals surface area contributed by atoms with Gasteiger partial charge in [-0.3, -0.25) is 0 Å². The van der Waals surface area contributed by atoms with E-state index in [1.807, 2.05) is 0 Å². The number of piperazine rings is 1. The summed E-state index contributed by atoms with van der Waals surface area (Å²) in [5, 5.41) is 0. The summed E-state index contributed by atoms with van der Waals surface area (Å²) >= 11 is 3.29. The van der Waals surface area contributed by atoms with Crippen LogP contribution < -0.4 is 10.6 Å². The molecule has 0 atom stereocenters. The Hall–Kier alpha value is -0.880. The fraction of sp³-hybridized carbons (Fsp3) is 0.556. The molecule has 5 nitrogen and oxygen atoms in total. The number of nitrogen functional groups attached to an aromatic ring is 1. The van der Waals surface area contributed by atoms with Crippen molar-refractivity contribution in [2.75, 3.05) is 43.9 Å². The number of halogens is 1. The minimum Gasteiger partial charge on any atom is -0.383 e.